The summed E-state index contributed by atoms with van der Waals surface area (Å²) in [7, 11) is 0. The maximum absolute atomic E-state index is 12.4. The Morgan fingerprint density at radius 3 is 2.48 bits per heavy atom. The van der Waals surface area contributed by atoms with E-state index in [2.05, 4.69) is 20.5 Å². The maximum atomic E-state index is 12.4. The fourth-order valence-corrected chi connectivity index (χ4v) is 2.11. The highest BCUT2D eigenvalue weighted by Crippen LogP contribution is 2.12. The van der Waals surface area contributed by atoms with Crippen LogP contribution in [0.15, 0.2) is 55.1 Å². The molecule has 0 aliphatic carbocycles. The van der Waals surface area contributed by atoms with Gasteiger partial charge in [-0.2, -0.15) is 0 Å². The Morgan fingerprint density at radius 2 is 1.80 bits per heavy atom. The molecule has 0 unspecified atom stereocenters. The number of pyridine rings is 1. The average Bonchev–Trinajstić information content (AvgIpc) is 3.17. The Morgan fingerprint density at radius 1 is 1.08 bits per heavy atom. The molecule has 0 atom stereocenters. The predicted octanol–water partition coefficient (Wildman–Crippen LogP) is 2.09. The molecule has 1 aromatic carbocycles. The second-order valence-corrected chi connectivity index (χ2v) is 5.00. The third-order valence-electron chi connectivity index (χ3n) is 3.30. The monoisotopic (exact) mass is 337 g/mol. The minimum absolute atomic E-state index is 0.251. The number of nitrogens with zero attached hydrogens (tertiary/aromatic N) is 4. The van der Waals surface area contributed by atoms with Gasteiger partial charge in [0.25, 0.3) is 5.91 Å². The number of rotatable bonds is 5. The van der Waals surface area contributed by atoms with Crippen molar-refractivity contribution in [1.29, 1.82) is 0 Å². The Labute approximate surface area is 143 Å². The summed E-state index contributed by atoms with van der Waals surface area (Å²) in [4.78, 5) is 28.2. The standard InChI is InChI=1S/C17H15N5O3/c1-2-25-17(24)12-6-8-13(9-7-12)20-16(23)14-4-3-5-15(21-14)22-10-18-19-11-22/h3-11H,2H2,1H3,(H,20,23). The molecule has 1 amide bonds. The number of nitrogens with one attached hydrogen (secondary N) is 1. The van der Waals surface area contributed by atoms with Crippen LogP contribution in [0.25, 0.3) is 5.82 Å². The van der Waals surface area contributed by atoms with Crippen LogP contribution in [0.3, 0.4) is 0 Å². The molecule has 0 aliphatic rings. The summed E-state index contributed by atoms with van der Waals surface area (Å²) < 4.78 is 6.52. The molecular formula is C17H15N5O3. The van der Waals surface area contributed by atoms with Gasteiger partial charge in [0, 0.05) is 5.69 Å². The van der Waals surface area contributed by atoms with Gasteiger partial charge in [-0.1, -0.05) is 6.07 Å². The van der Waals surface area contributed by atoms with E-state index in [1.807, 2.05) is 0 Å². The molecule has 0 radical (unpaired) electrons. The van der Waals surface area contributed by atoms with Crippen molar-refractivity contribution in [2.75, 3.05) is 11.9 Å². The Bertz CT molecular complexity index is 876. The normalized spacial score (nSPS) is 10.3. The molecule has 8 heteroatoms. The molecule has 0 aliphatic heterocycles. The minimum atomic E-state index is -0.399. The Balaban J connectivity index is 1.72. The molecule has 3 rings (SSSR count). The van der Waals surface area contributed by atoms with E-state index in [9.17, 15) is 9.59 Å². The van der Waals surface area contributed by atoms with E-state index < -0.39 is 5.97 Å². The van der Waals surface area contributed by atoms with E-state index in [0.29, 0.717) is 23.7 Å². The SMILES string of the molecule is CCOC(=O)c1ccc(NC(=O)c2cccc(-n3cnnc3)n2)cc1. The third kappa shape index (κ3) is 3.86. The van der Waals surface area contributed by atoms with Crippen LogP contribution in [0.5, 0.6) is 0 Å². The summed E-state index contributed by atoms with van der Waals surface area (Å²) in [6.45, 7) is 2.05. The topological polar surface area (TPSA) is 99.0 Å². The van der Waals surface area contributed by atoms with Crippen LogP contribution in [-0.4, -0.2) is 38.2 Å². The number of carbonyl (C=O) groups is 2. The van der Waals surface area contributed by atoms with Crippen molar-refractivity contribution in [3.63, 3.8) is 0 Å². The highest BCUT2D eigenvalue weighted by Gasteiger charge is 2.11. The summed E-state index contributed by atoms with van der Waals surface area (Å²) in [6.07, 6.45) is 3.00. The van der Waals surface area contributed by atoms with Crippen molar-refractivity contribution in [2.45, 2.75) is 6.92 Å². The van der Waals surface area contributed by atoms with Crippen LogP contribution in [0.2, 0.25) is 0 Å². The molecular weight excluding hydrogens is 322 g/mol. The molecule has 8 nitrogen and oxygen atoms in total. The van der Waals surface area contributed by atoms with Crippen LogP contribution in [0.1, 0.15) is 27.8 Å². The van der Waals surface area contributed by atoms with Crippen LogP contribution >= 0.6 is 0 Å². The van der Waals surface area contributed by atoms with Gasteiger partial charge in [-0.3, -0.25) is 9.36 Å². The fourth-order valence-electron chi connectivity index (χ4n) is 2.11. The molecule has 0 bridgehead atoms. The lowest BCUT2D eigenvalue weighted by atomic mass is 10.2. The van der Waals surface area contributed by atoms with Crippen molar-refractivity contribution in [2.24, 2.45) is 0 Å². The lowest BCUT2D eigenvalue weighted by Crippen LogP contribution is -2.14. The summed E-state index contributed by atoms with van der Waals surface area (Å²) in [6, 6.07) is 11.5. The van der Waals surface area contributed by atoms with Crippen molar-refractivity contribution < 1.29 is 14.3 Å². The van der Waals surface area contributed by atoms with Crippen molar-refractivity contribution in [3.8, 4) is 5.82 Å². The van der Waals surface area contributed by atoms with Crippen molar-refractivity contribution >= 4 is 17.6 Å². The zero-order valence-electron chi connectivity index (χ0n) is 13.4. The Hall–Kier alpha value is -3.55. The number of hydrogen-bond acceptors (Lipinski definition) is 6. The van der Waals surface area contributed by atoms with Crippen molar-refractivity contribution in [1.82, 2.24) is 19.7 Å². The molecule has 0 fully saturated rings. The van der Waals surface area contributed by atoms with Crippen molar-refractivity contribution in [3.05, 3.63) is 66.4 Å². The number of hydrogen-bond donors (Lipinski definition) is 1. The molecule has 25 heavy (non-hydrogen) atoms. The molecule has 126 valence electrons. The number of esters is 1. The third-order valence-corrected chi connectivity index (χ3v) is 3.30. The first-order chi connectivity index (χ1) is 12.2. The first-order valence-corrected chi connectivity index (χ1v) is 7.58. The van der Waals surface area contributed by atoms with Gasteiger partial charge in [-0.25, -0.2) is 9.78 Å². The van der Waals surface area contributed by atoms with Gasteiger partial charge in [0.15, 0.2) is 0 Å². The zero-order chi connectivity index (χ0) is 17.6. The molecule has 0 spiro atoms. The highest BCUT2D eigenvalue weighted by atomic mass is 16.5. The summed E-state index contributed by atoms with van der Waals surface area (Å²) in [5, 5.41) is 10.2. The molecule has 0 saturated carbocycles. The van der Waals surface area contributed by atoms with Crippen LogP contribution < -0.4 is 5.32 Å². The second kappa shape index (κ2) is 7.35. The maximum Gasteiger partial charge on any atom is 0.338 e. The average molecular weight is 337 g/mol. The van der Waals surface area contributed by atoms with Gasteiger partial charge in [0.1, 0.15) is 24.2 Å². The lowest BCUT2D eigenvalue weighted by Gasteiger charge is -2.07. The molecule has 1 N–H and O–H groups in total. The zero-order valence-corrected chi connectivity index (χ0v) is 13.4. The lowest BCUT2D eigenvalue weighted by molar-refractivity contribution is 0.0526. The molecule has 2 heterocycles. The van der Waals surface area contributed by atoms with Gasteiger partial charge in [0.2, 0.25) is 0 Å². The minimum Gasteiger partial charge on any atom is -0.462 e. The second-order valence-electron chi connectivity index (χ2n) is 5.00. The molecule has 2 aromatic heterocycles. The highest BCUT2D eigenvalue weighted by molar-refractivity contribution is 6.03. The van der Waals surface area contributed by atoms with Gasteiger partial charge in [-0.05, 0) is 43.3 Å². The number of amides is 1. The van der Waals surface area contributed by atoms with Crippen LogP contribution in [0, 0.1) is 0 Å². The Kier molecular flexibility index (Phi) is 4.79. The van der Waals surface area contributed by atoms with E-state index in [1.54, 1.807) is 54.0 Å². The largest absolute Gasteiger partial charge is 0.462 e. The van der Waals surface area contributed by atoms with E-state index in [-0.39, 0.29) is 11.6 Å². The van der Waals surface area contributed by atoms with Gasteiger partial charge >= 0.3 is 5.97 Å². The number of ether oxygens (including phenoxy) is 1. The first kappa shape index (κ1) is 16.3. The number of anilines is 1. The number of carbonyl (C=O) groups excluding carboxylic acids is 2. The summed E-state index contributed by atoms with van der Waals surface area (Å²) >= 11 is 0. The van der Waals surface area contributed by atoms with E-state index >= 15 is 0 Å². The van der Waals surface area contributed by atoms with Gasteiger partial charge in [0.05, 0.1) is 12.2 Å². The summed E-state index contributed by atoms with van der Waals surface area (Å²) in [5.74, 6) is -0.224. The molecule has 3 aromatic rings. The first-order valence-electron chi connectivity index (χ1n) is 7.58. The van der Waals surface area contributed by atoms with Crippen LogP contribution in [0.4, 0.5) is 5.69 Å². The predicted molar refractivity (Wildman–Crippen MR) is 89.5 cm³/mol. The number of benzene rings is 1. The smallest absolute Gasteiger partial charge is 0.338 e. The van der Waals surface area contributed by atoms with E-state index in [1.165, 1.54) is 12.7 Å². The quantitative estimate of drug-likeness (QED) is 0.716. The van der Waals surface area contributed by atoms with Gasteiger partial charge < -0.3 is 10.1 Å². The van der Waals surface area contributed by atoms with E-state index in [4.69, 9.17) is 4.74 Å². The summed E-state index contributed by atoms with van der Waals surface area (Å²) in [5.41, 5.74) is 1.22. The fraction of sp³-hybridized carbons (Fsp3) is 0.118. The van der Waals surface area contributed by atoms with E-state index in [0.717, 1.165) is 0 Å². The molecule has 0 saturated heterocycles. The number of aromatic nitrogens is 4. The van der Waals surface area contributed by atoms with Gasteiger partial charge in [-0.15, -0.1) is 10.2 Å². The van der Waals surface area contributed by atoms with Crippen LogP contribution in [-0.2, 0) is 4.74 Å².